The van der Waals surface area contributed by atoms with Gasteiger partial charge in [-0.05, 0) is 18.1 Å². The molecule has 2 heterocycles. The van der Waals surface area contributed by atoms with Crippen molar-refractivity contribution in [2.45, 2.75) is 32.3 Å². The number of alkyl halides is 3. The Morgan fingerprint density at radius 3 is 2.73 bits per heavy atom. The number of ether oxygens (including phenoxy) is 2. The molecule has 0 bridgehead atoms. The second-order valence-corrected chi connectivity index (χ2v) is 5.86. The molecule has 1 aromatic carbocycles. The number of hydrogen-bond acceptors (Lipinski definition) is 5. The van der Waals surface area contributed by atoms with Gasteiger partial charge in [0.2, 0.25) is 0 Å². The van der Waals surface area contributed by atoms with Gasteiger partial charge in [-0.3, -0.25) is 10.1 Å². The van der Waals surface area contributed by atoms with Gasteiger partial charge in [0.05, 0.1) is 12.2 Å². The molecule has 3 rings (SSSR count). The number of carbonyl (C=O) groups excluding carboxylic acids is 2. The lowest BCUT2D eigenvalue weighted by atomic mass is 10.0. The van der Waals surface area contributed by atoms with Gasteiger partial charge >= 0.3 is 18.1 Å². The van der Waals surface area contributed by atoms with Gasteiger partial charge in [0.1, 0.15) is 6.61 Å². The first-order valence-corrected chi connectivity index (χ1v) is 8.03. The molecule has 0 saturated carbocycles. The minimum absolute atomic E-state index is 0.0559. The number of benzene rings is 1. The van der Waals surface area contributed by atoms with Crippen molar-refractivity contribution in [1.82, 2.24) is 9.88 Å². The molecule has 0 amide bonds. The maximum Gasteiger partial charge on any atom is 0.490 e. The lowest BCUT2D eigenvalue weighted by Crippen LogP contribution is -2.38. The summed E-state index contributed by atoms with van der Waals surface area (Å²) in [7, 11) is 0. The molecule has 0 saturated heterocycles. The molecule has 9 heteroatoms. The quantitative estimate of drug-likeness (QED) is 0.838. The number of para-hydroxylation sites is 1. The van der Waals surface area contributed by atoms with Gasteiger partial charge < -0.3 is 14.0 Å². The van der Waals surface area contributed by atoms with Gasteiger partial charge in [0.25, 0.3) is 0 Å². The Balaban J connectivity index is 2.01. The number of esters is 2. The summed E-state index contributed by atoms with van der Waals surface area (Å²) in [6.45, 7) is 1.94. The predicted molar refractivity (Wildman–Crippen MR) is 85.2 cm³/mol. The van der Waals surface area contributed by atoms with Gasteiger partial charge in [-0.15, -0.1) is 0 Å². The SMILES string of the molecule is CC(=O)OCCn1c2c(c3ccccc31)CCNC2OC(=O)C(F)(F)F. The van der Waals surface area contributed by atoms with Gasteiger partial charge in [-0.1, -0.05) is 18.2 Å². The van der Waals surface area contributed by atoms with Gasteiger partial charge in [-0.25, -0.2) is 4.79 Å². The van der Waals surface area contributed by atoms with Crippen LogP contribution in [0, 0.1) is 0 Å². The maximum absolute atomic E-state index is 12.6. The fraction of sp³-hybridized carbons (Fsp3) is 0.412. The summed E-state index contributed by atoms with van der Waals surface area (Å²) >= 11 is 0. The zero-order valence-electron chi connectivity index (χ0n) is 13.9. The average molecular weight is 370 g/mol. The summed E-state index contributed by atoms with van der Waals surface area (Å²) in [4.78, 5) is 22.3. The summed E-state index contributed by atoms with van der Waals surface area (Å²) in [5, 5.41) is 3.68. The average Bonchev–Trinajstić information content (AvgIpc) is 2.89. The van der Waals surface area contributed by atoms with Crippen molar-refractivity contribution in [1.29, 1.82) is 0 Å². The van der Waals surface area contributed by atoms with E-state index in [1.165, 1.54) is 6.92 Å². The van der Waals surface area contributed by atoms with Gasteiger partial charge in [0.15, 0.2) is 6.23 Å². The molecule has 140 valence electrons. The number of aromatic nitrogens is 1. The van der Waals surface area contributed by atoms with E-state index in [4.69, 9.17) is 4.74 Å². The molecular weight excluding hydrogens is 353 g/mol. The molecule has 0 radical (unpaired) electrons. The van der Waals surface area contributed by atoms with E-state index >= 15 is 0 Å². The van der Waals surface area contributed by atoms with Crippen LogP contribution in [0.2, 0.25) is 0 Å². The molecule has 26 heavy (non-hydrogen) atoms. The standard InChI is InChI=1S/C17H17F3N2O4/c1-10(23)25-9-8-22-13-5-3-2-4-11(13)12-6-7-21-15(14(12)22)26-16(24)17(18,19)20/h2-5,15,21H,6-9H2,1H3. The van der Waals surface area contributed by atoms with Gasteiger partial charge in [-0.2, -0.15) is 13.2 Å². The van der Waals surface area contributed by atoms with Crippen LogP contribution in [0.25, 0.3) is 10.9 Å². The van der Waals surface area contributed by atoms with Crippen molar-refractivity contribution in [3.8, 4) is 0 Å². The van der Waals surface area contributed by atoms with Crippen LogP contribution >= 0.6 is 0 Å². The smallest absolute Gasteiger partial charge is 0.464 e. The Bertz CT molecular complexity index is 844. The molecule has 1 aliphatic heterocycles. The highest BCUT2D eigenvalue weighted by Crippen LogP contribution is 2.34. The summed E-state index contributed by atoms with van der Waals surface area (Å²) in [6, 6.07) is 7.33. The third-order valence-corrected chi connectivity index (χ3v) is 4.15. The van der Waals surface area contributed by atoms with Crippen LogP contribution in [0.3, 0.4) is 0 Å². The first-order valence-electron chi connectivity index (χ1n) is 8.03. The molecule has 6 nitrogen and oxygen atoms in total. The van der Waals surface area contributed by atoms with Crippen LogP contribution in [0.4, 0.5) is 13.2 Å². The molecule has 0 aliphatic carbocycles. The van der Waals surface area contributed by atoms with Crippen molar-refractivity contribution < 1.29 is 32.2 Å². The van der Waals surface area contributed by atoms with Crippen LogP contribution in [0.1, 0.15) is 24.4 Å². The van der Waals surface area contributed by atoms with Crippen molar-refractivity contribution in [2.24, 2.45) is 0 Å². The summed E-state index contributed by atoms with van der Waals surface area (Å²) in [5.74, 6) is -2.70. The van der Waals surface area contributed by atoms with E-state index in [0.717, 1.165) is 16.5 Å². The highest BCUT2D eigenvalue weighted by atomic mass is 19.4. The highest BCUT2D eigenvalue weighted by molar-refractivity contribution is 5.86. The Morgan fingerprint density at radius 1 is 1.31 bits per heavy atom. The Hall–Kier alpha value is -2.55. The molecular formula is C17H17F3N2O4. The predicted octanol–water partition coefficient (Wildman–Crippen LogP) is 2.45. The van der Waals surface area contributed by atoms with Crippen LogP contribution < -0.4 is 5.32 Å². The van der Waals surface area contributed by atoms with Crippen molar-refractivity contribution in [3.05, 3.63) is 35.5 Å². The monoisotopic (exact) mass is 370 g/mol. The molecule has 0 fully saturated rings. The number of halogens is 3. The highest BCUT2D eigenvalue weighted by Gasteiger charge is 2.43. The van der Waals surface area contributed by atoms with E-state index in [0.29, 0.717) is 18.7 Å². The number of nitrogens with zero attached hydrogens (tertiary/aromatic N) is 1. The maximum atomic E-state index is 12.6. The van der Waals surface area contributed by atoms with Crippen LogP contribution in [0.5, 0.6) is 0 Å². The number of nitrogens with one attached hydrogen (secondary N) is 1. The van der Waals surface area contributed by atoms with E-state index in [1.807, 2.05) is 18.2 Å². The molecule has 1 N–H and O–H groups in total. The zero-order valence-corrected chi connectivity index (χ0v) is 13.9. The number of hydrogen-bond donors (Lipinski definition) is 1. The first-order chi connectivity index (χ1) is 12.3. The summed E-state index contributed by atoms with van der Waals surface area (Å²) < 4.78 is 49.2. The minimum atomic E-state index is -5.08. The molecule has 2 aromatic rings. The number of carbonyl (C=O) groups is 2. The van der Waals surface area contributed by atoms with Crippen molar-refractivity contribution in [3.63, 3.8) is 0 Å². The lowest BCUT2D eigenvalue weighted by Gasteiger charge is -2.27. The van der Waals surface area contributed by atoms with Crippen LogP contribution in [-0.4, -0.2) is 35.8 Å². The van der Waals surface area contributed by atoms with E-state index < -0.39 is 24.3 Å². The topological polar surface area (TPSA) is 69.6 Å². The van der Waals surface area contributed by atoms with E-state index in [2.05, 4.69) is 10.1 Å². The number of rotatable bonds is 4. The molecule has 1 unspecified atom stereocenters. The first kappa shape index (κ1) is 18.2. The van der Waals surface area contributed by atoms with E-state index in [-0.39, 0.29) is 13.2 Å². The third-order valence-electron chi connectivity index (χ3n) is 4.15. The fourth-order valence-corrected chi connectivity index (χ4v) is 3.18. The molecule has 1 aromatic heterocycles. The second-order valence-electron chi connectivity index (χ2n) is 5.86. The fourth-order valence-electron chi connectivity index (χ4n) is 3.18. The summed E-state index contributed by atoms with van der Waals surface area (Å²) in [5.41, 5.74) is 2.05. The summed E-state index contributed by atoms with van der Waals surface area (Å²) in [6.07, 6.45) is -5.72. The Morgan fingerprint density at radius 2 is 2.04 bits per heavy atom. The molecule has 0 spiro atoms. The lowest BCUT2D eigenvalue weighted by molar-refractivity contribution is -0.207. The zero-order chi connectivity index (χ0) is 18.9. The van der Waals surface area contributed by atoms with Crippen LogP contribution in [0.15, 0.2) is 24.3 Å². The normalized spacial score (nSPS) is 17.0. The number of fused-ring (bicyclic) bond motifs is 3. The van der Waals surface area contributed by atoms with Crippen molar-refractivity contribution in [2.75, 3.05) is 13.2 Å². The van der Waals surface area contributed by atoms with E-state index in [9.17, 15) is 22.8 Å². The van der Waals surface area contributed by atoms with E-state index in [1.54, 1.807) is 10.6 Å². The Labute approximate surface area is 146 Å². The molecule has 1 atom stereocenters. The van der Waals surface area contributed by atoms with Crippen LogP contribution in [-0.2, 0) is 32.0 Å². The van der Waals surface area contributed by atoms with Crippen molar-refractivity contribution >= 4 is 22.8 Å². The Kier molecular flexibility index (Phi) is 4.90. The van der Waals surface area contributed by atoms with Gasteiger partial charge in [0, 0.05) is 24.4 Å². The molecule has 1 aliphatic rings. The largest absolute Gasteiger partial charge is 0.490 e. The minimum Gasteiger partial charge on any atom is -0.464 e. The third kappa shape index (κ3) is 3.52. The second kappa shape index (κ2) is 6.99.